The molecule has 1 amide bonds. The molecule has 3 rings (SSSR count). The molecule has 0 spiro atoms. The quantitative estimate of drug-likeness (QED) is 0.569. The zero-order chi connectivity index (χ0) is 23.0. The van der Waals surface area contributed by atoms with Gasteiger partial charge in [-0.2, -0.15) is 0 Å². The summed E-state index contributed by atoms with van der Waals surface area (Å²) < 4.78 is 33.7. The summed E-state index contributed by atoms with van der Waals surface area (Å²) in [5, 5.41) is 2.96. The molecular formula is C24H33N3O4S. The Morgan fingerprint density at radius 3 is 2.53 bits per heavy atom. The molecule has 0 radical (unpaired) electrons. The third-order valence-corrected chi connectivity index (χ3v) is 6.82. The summed E-state index contributed by atoms with van der Waals surface area (Å²) in [6.45, 7) is 7.91. The fraction of sp³-hybridized carbons (Fsp3) is 0.458. The average Bonchev–Trinajstić information content (AvgIpc) is 2.79. The van der Waals surface area contributed by atoms with E-state index >= 15 is 0 Å². The van der Waals surface area contributed by atoms with Crippen molar-refractivity contribution in [2.75, 3.05) is 37.6 Å². The van der Waals surface area contributed by atoms with E-state index in [1.807, 2.05) is 19.1 Å². The van der Waals surface area contributed by atoms with Gasteiger partial charge in [0, 0.05) is 36.9 Å². The van der Waals surface area contributed by atoms with Crippen LogP contribution in [0.15, 0.2) is 53.4 Å². The van der Waals surface area contributed by atoms with E-state index in [-0.39, 0.29) is 16.8 Å². The molecule has 1 atom stereocenters. The number of morpholine rings is 1. The number of carbonyl (C=O) groups excluding carboxylic acids is 1. The molecule has 8 heteroatoms. The van der Waals surface area contributed by atoms with E-state index in [1.54, 1.807) is 24.3 Å². The fourth-order valence-corrected chi connectivity index (χ4v) is 4.77. The van der Waals surface area contributed by atoms with Gasteiger partial charge in [-0.25, -0.2) is 8.42 Å². The van der Waals surface area contributed by atoms with Gasteiger partial charge in [-0.15, -0.1) is 0 Å². The molecule has 7 nitrogen and oxygen atoms in total. The van der Waals surface area contributed by atoms with Gasteiger partial charge in [0.2, 0.25) is 0 Å². The van der Waals surface area contributed by atoms with E-state index in [1.165, 1.54) is 17.7 Å². The number of sulfonamides is 1. The van der Waals surface area contributed by atoms with Gasteiger partial charge in [0.05, 0.1) is 18.1 Å². The lowest BCUT2D eigenvalue weighted by molar-refractivity contribution is 0.0342. The van der Waals surface area contributed by atoms with E-state index in [9.17, 15) is 13.2 Å². The van der Waals surface area contributed by atoms with E-state index in [0.717, 1.165) is 38.9 Å². The molecule has 2 N–H and O–H groups in total. The average molecular weight is 460 g/mol. The van der Waals surface area contributed by atoms with Crippen molar-refractivity contribution in [1.29, 1.82) is 0 Å². The maximum Gasteiger partial charge on any atom is 0.261 e. The Morgan fingerprint density at radius 2 is 1.84 bits per heavy atom. The summed E-state index contributed by atoms with van der Waals surface area (Å²) >= 11 is 0. The van der Waals surface area contributed by atoms with E-state index in [2.05, 4.69) is 21.9 Å². The molecule has 2 aromatic carbocycles. The maximum atomic E-state index is 12.9. The second-order valence-corrected chi connectivity index (χ2v) is 9.90. The summed E-state index contributed by atoms with van der Waals surface area (Å²) in [4.78, 5) is 15.0. The molecule has 2 aromatic rings. The minimum absolute atomic E-state index is 0.0565. The van der Waals surface area contributed by atoms with Crippen LogP contribution in [-0.2, 0) is 21.2 Å². The van der Waals surface area contributed by atoms with Crippen LogP contribution in [0.25, 0.3) is 0 Å². The molecule has 32 heavy (non-hydrogen) atoms. The van der Waals surface area contributed by atoms with Crippen molar-refractivity contribution < 1.29 is 17.9 Å². The number of amides is 1. The van der Waals surface area contributed by atoms with Crippen LogP contribution in [0.1, 0.15) is 42.6 Å². The summed E-state index contributed by atoms with van der Waals surface area (Å²) in [6, 6.07) is 13.5. The molecule has 1 fully saturated rings. The number of carbonyl (C=O) groups is 1. The molecule has 0 bridgehead atoms. The van der Waals surface area contributed by atoms with Gasteiger partial charge in [0.25, 0.3) is 15.9 Å². The number of hydrogen-bond donors (Lipinski definition) is 2. The van der Waals surface area contributed by atoms with Crippen molar-refractivity contribution in [1.82, 2.24) is 10.2 Å². The number of unbranched alkanes of at least 4 members (excludes halogenated alkanes) is 1. The van der Waals surface area contributed by atoms with Gasteiger partial charge in [-0.1, -0.05) is 31.5 Å². The van der Waals surface area contributed by atoms with Crippen LogP contribution in [0.4, 0.5) is 5.69 Å². The first-order chi connectivity index (χ1) is 15.4. The zero-order valence-corrected chi connectivity index (χ0v) is 19.7. The number of rotatable bonds is 10. The first-order valence-corrected chi connectivity index (χ1v) is 12.7. The smallest absolute Gasteiger partial charge is 0.261 e. The Hall–Kier alpha value is -2.42. The standard InChI is InChI=1S/C24H33N3O4S/c1-3-4-6-20-9-11-22(12-10-20)26-32(29,30)23-8-5-7-21(17-23)24(28)25-19(2)18-27-13-15-31-16-14-27/h5,7-12,17,19,26H,3-4,6,13-16,18H2,1-2H3,(H,25,28). The molecule has 1 aliphatic heterocycles. The lowest BCUT2D eigenvalue weighted by Crippen LogP contribution is -2.46. The molecule has 0 aliphatic carbocycles. The molecule has 1 aliphatic rings. The first-order valence-electron chi connectivity index (χ1n) is 11.2. The molecule has 1 heterocycles. The number of aryl methyl sites for hydroxylation is 1. The predicted octanol–water partition coefficient (Wildman–Crippen LogP) is 3.28. The third kappa shape index (κ3) is 7.05. The van der Waals surface area contributed by atoms with Crippen molar-refractivity contribution in [2.24, 2.45) is 0 Å². The number of ether oxygens (including phenoxy) is 1. The van der Waals surface area contributed by atoms with Gasteiger partial charge in [-0.05, 0) is 55.7 Å². The van der Waals surface area contributed by atoms with Crippen molar-refractivity contribution >= 4 is 21.6 Å². The minimum Gasteiger partial charge on any atom is -0.379 e. The van der Waals surface area contributed by atoms with Crippen molar-refractivity contribution in [3.05, 3.63) is 59.7 Å². The highest BCUT2D eigenvalue weighted by atomic mass is 32.2. The van der Waals surface area contributed by atoms with Gasteiger partial charge in [-0.3, -0.25) is 14.4 Å². The highest BCUT2D eigenvalue weighted by Gasteiger charge is 2.19. The molecule has 174 valence electrons. The first kappa shape index (κ1) is 24.2. The van der Waals surface area contributed by atoms with Crippen LogP contribution in [0.2, 0.25) is 0 Å². The Bertz CT molecular complexity index is 987. The second kappa shape index (κ2) is 11.4. The van der Waals surface area contributed by atoms with E-state index in [4.69, 9.17) is 4.74 Å². The van der Waals surface area contributed by atoms with E-state index < -0.39 is 10.0 Å². The summed E-state index contributed by atoms with van der Waals surface area (Å²) in [6.07, 6.45) is 3.19. The van der Waals surface area contributed by atoms with Crippen molar-refractivity contribution in [3.63, 3.8) is 0 Å². The van der Waals surface area contributed by atoms with Crippen LogP contribution in [0.5, 0.6) is 0 Å². The van der Waals surface area contributed by atoms with Gasteiger partial charge >= 0.3 is 0 Å². The summed E-state index contributed by atoms with van der Waals surface area (Å²) in [5.41, 5.74) is 2.00. The topological polar surface area (TPSA) is 87.7 Å². The number of nitrogens with zero attached hydrogens (tertiary/aromatic N) is 1. The minimum atomic E-state index is -3.80. The van der Waals surface area contributed by atoms with Crippen LogP contribution >= 0.6 is 0 Å². The highest BCUT2D eigenvalue weighted by Crippen LogP contribution is 2.18. The fourth-order valence-electron chi connectivity index (χ4n) is 3.66. The SMILES string of the molecule is CCCCc1ccc(NS(=O)(=O)c2cccc(C(=O)NC(C)CN3CCOCC3)c2)cc1. The van der Waals surface area contributed by atoms with Crippen LogP contribution in [-0.4, -0.2) is 58.1 Å². The third-order valence-electron chi connectivity index (χ3n) is 5.44. The van der Waals surface area contributed by atoms with Crippen LogP contribution in [0.3, 0.4) is 0 Å². The van der Waals surface area contributed by atoms with Crippen LogP contribution < -0.4 is 10.0 Å². The van der Waals surface area contributed by atoms with Gasteiger partial charge < -0.3 is 10.1 Å². The normalized spacial score (nSPS) is 15.8. The number of nitrogens with one attached hydrogen (secondary N) is 2. The predicted molar refractivity (Wildman–Crippen MR) is 126 cm³/mol. The number of benzene rings is 2. The Morgan fingerprint density at radius 1 is 1.12 bits per heavy atom. The Labute approximate surface area is 191 Å². The van der Waals surface area contributed by atoms with E-state index in [0.29, 0.717) is 24.5 Å². The molecular weight excluding hydrogens is 426 g/mol. The lowest BCUT2D eigenvalue weighted by atomic mass is 10.1. The molecule has 0 aromatic heterocycles. The monoisotopic (exact) mass is 459 g/mol. The molecule has 1 saturated heterocycles. The van der Waals surface area contributed by atoms with Crippen molar-refractivity contribution in [2.45, 2.75) is 44.0 Å². The Kier molecular flexibility index (Phi) is 8.67. The second-order valence-electron chi connectivity index (χ2n) is 8.22. The summed E-state index contributed by atoms with van der Waals surface area (Å²) in [7, 11) is -3.80. The van der Waals surface area contributed by atoms with Gasteiger partial charge in [0.15, 0.2) is 0 Å². The lowest BCUT2D eigenvalue weighted by Gasteiger charge is -2.29. The number of anilines is 1. The maximum absolute atomic E-state index is 12.9. The van der Waals surface area contributed by atoms with Crippen LogP contribution in [0, 0.1) is 0 Å². The van der Waals surface area contributed by atoms with Gasteiger partial charge in [0.1, 0.15) is 0 Å². The number of hydrogen-bond acceptors (Lipinski definition) is 5. The van der Waals surface area contributed by atoms with Crippen molar-refractivity contribution in [3.8, 4) is 0 Å². The molecule has 0 saturated carbocycles. The highest BCUT2D eigenvalue weighted by molar-refractivity contribution is 7.92. The summed E-state index contributed by atoms with van der Waals surface area (Å²) in [5.74, 6) is -0.289. The molecule has 1 unspecified atom stereocenters. The Balaban J connectivity index is 1.62. The zero-order valence-electron chi connectivity index (χ0n) is 18.8. The largest absolute Gasteiger partial charge is 0.379 e.